The number of aromatic nitrogens is 2. The summed E-state index contributed by atoms with van der Waals surface area (Å²) in [6.45, 7) is 0. The van der Waals surface area contributed by atoms with E-state index in [1.54, 1.807) is 12.4 Å². The maximum absolute atomic E-state index is 13.1. The number of likely N-dealkylation sites (N-methyl/N-ethyl adjacent to an activating group) is 1. The Kier molecular flexibility index (Phi) is 3.86. The lowest BCUT2D eigenvalue weighted by Gasteiger charge is -2.06. The number of halogens is 2. The standard InChI is InChI=1S/C21H13Br2N3O2/c1-26-20(27)16(12-8-24-18-10(12)4-2-6-14(18)22)17(21(26)28)13-9-25-19-11(13)5-3-7-15(19)23/h2-9,24-25H,1H3. The quantitative estimate of drug-likeness (QED) is 0.378. The van der Waals surface area contributed by atoms with Crippen molar-refractivity contribution in [2.75, 3.05) is 7.05 Å². The van der Waals surface area contributed by atoms with Crippen LogP contribution < -0.4 is 0 Å². The Hall–Kier alpha value is -2.64. The van der Waals surface area contributed by atoms with Gasteiger partial charge in [-0.3, -0.25) is 14.5 Å². The van der Waals surface area contributed by atoms with E-state index in [4.69, 9.17) is 0 Å². The van der Waals surface area contributed by atoms with Crippen molar-refractivity contribution in [3.05, 3.63) is 68.9 Å². The topological polar surface area (TPSA) is 69.0 Å². The molecule has 2 aromatic carbocycles. The lowest BCUT2D eigenvalue weighted by Crippen LogP contribution is -2.26. The van der Waals surface area contributed by atoms with E-state index in [1.807, 2.05) is 36.4 Å². The second kappa shape index (κ2) is 6.18. The van der Waals surface area contributed by atoms with Gasteiger partial charge in [0, 0.05) is 50.3 Å². The maximum atomic E-state index is 13.1. The van der Waals surface area contributed by atoms with Crippen LogP contribution in [0.15, 0.2) is 57.7 Å². The lowest BCUT2D eigenvalue weighted by molar-refractivity contribution is -0.134. The first-order valence-corrected chi connectivity index (χ1v) is 10.2. The number of fused-ring (bicyclic) bond motifs is 2. The third-order valence-electron chi connectivity index (χ3n) is 5.15. The number of nitrogens with one attached hydrogen (secondary N) is 2. The van der Waals surface area contributed by atoms with E-state index < -0.39 is 0 Å². The molecule has 138 valence electrons. The second-order valence-electron chi connectivity index (χ2n) is 6.65. The molecule has 2 aromatic heterocycles. The summed E-state index contributed by atoms with van der Waals surface area (Å²) in [7, 11) is 1.52. The summed E-state index contributed by atoms with van der Waals surface area (Å²) in [5.41, 5.74) is 4.05. The first kappa shape index (κ1) is 17.5. The first-order chi connectivity index (χ1) is 13.5. The lowest BCUT2D eigenvalue weighted by atomic mass is 9.95. The van der Waals surface area contributed by atoms with Gasteiger partial charge in [0.15, 0.2) is 0 Å². The number of hydrogen-bond acceptors (Lipinski definition) is 2. The Morgan fingerprint density at radius 3 is 1.61 bits per heavy atom. The smallest absolute Gasteiger partial charge is 0.261 e. The predicted octanol–water partition coefficient (Wildman–Crippen LogP) is 5.08. The normalized spacial score (nSPS) is 14.9. The summed E-state index contributed by atoms with van der Waals surface area (Å²) < 4.78 is 1.80. The van der Waals surface area contributed by atoms with Crippen LogP contribution in [0, 0.1) is 0 Å². The third-order valence-corrected chi connectivity index (χ3v) is 6.48. The highest BCUT2D eigenvalue weighted by Crippen LogP contribution is 2.41. The number of benzene rings is 2. The number of aromatic amines is 2. The Labute approximate surface area is 176 Å². The number of nitrogens with zero attached hydrogens (tertiary/aromatic N) is 1. The molecule has 0 aliphatic carbocycles. The molecular formula is C21H13Br2N3O2. The monoisotopic (exact) mass is 497 g/mol. The number of para-hydroxylation sites is 2. The summed E-state index contributed by atoms with van der Waals surface area (Å²) in [5, 5.41) is 1.78. The van der Waals surface area contributed by atoms with Crippen LogP contribution >= 0.6 is 31.9 Å². The van der Waals surface area contributed by atoms with Crippen LogP contribution in [0.5, 0.6) is 0 Å². The van der Waals surface area contributed by atoms with Crippen molar-refractivity contribution in [2.45, 2.75) is 0 Å². The molecule has 2 amide bonds. The molecule has 1 aliphatic rings. The fourth-order valence-electron chi connectivity index (χ4n) is 3.79. The summed E-state index contributed by atoms with van der Waals surface area (Å²) in [6, 6.07) is 11.6. The third kappa shape index (κ3) is 2.29. The van der Waals surface area contributed by atoms with Crippen LogP contribution in [0.2, 0.25) is 0 Å². The average molecular weight is 499 g/mol. The Balaban J connectivity index is 1.87. The van der Waals surface area contributed by atoms with Gasteiger partial charge < -0.3 is 9.97 Å². The number of carbonyl (C=O) groups excluding carboxylic acids is 2. The average Bonchev–Trinajstić information content (AvgIpc) is 3.35. The number of imide groups is 1. The van der Waals surface area contributed by atoms with Gasteiger partial charge in [-0.15, -0.1) is 0 Å². The van der Waals surface area contributed by atoms with Crippen LogP contribution in [-0.2, 0) is 9.59 Å². The van der Waals surface area contributed by atoms with Crippen molar-refractivity contribution < 1.29 is 9.59 Å². The van der Waals surface area contributed by atoms with Gasteiger partial charge in [-0.1, -0.05) is 24.3 Å². The maximum Gasteiger partial charge on any atom is 0.261 e. The predicted molar refractivity (Wildman–Crippen MR) is 117 cm³/mol. The molecule has 0 saturated heterocycles. The summed E-state index contributed by atoms with van der Waals surface area (Å²) in [5.74, 6) is -0.601. The molecule has 4 aromatic rings. The molecule has 0 fully saturated rings. The number of amides is 2. The molecular weight excluding hydrogens is 486 g/mol. The van der Waals surface area contributed by atoms with Crippen LogP contribution in [-0.4, -0.2) is 33.7 Å². The van der Waals surface area contributed by atoms with Gasteiger partial charge in [0.2, 0.25) is 0 Å². The van der Waals surface area contributed by atoms with Crippen molar-refractivity contribution in [3.63, 3.8) is 0 Å². The zero-order valence-electron chi connectivity index (χ0n) is 14.6. The molecule has 0 bridgehead atoms. The minimum Gasteiger partial charge on any atom is -0.360 e. The molecule has 0 unspecified atom stereocenters. The van der Waals surface area contributed by atoms with Gasteiger partial charge in [0.05, 0.1) is 22.2 Å². The molecule has 3 heterocycles. The van der Waals surface area contributed by atoms with Crippen LogP contribution in [0.4, 0.5) is 0 Å². The van der Waals surface area contributed by atoms with E-state index in [0.29, 0.717) is 11.1 Å². The number of carbonyl (C=O) groups is 2. The van der Waals surface area contributed by atoms with E-state index in [1.165, 1.54) is 11.9 Å². The molecule has 0 radical (unpaired) electrons. The second-order valence-corrected chi connectivity index (χ2v) is 8.36. The van der Waals surface area contributed by atoms with Crippen molar-refractivity contribution in [1.29, 1.82) is 0 Å². The molecule has 5 rings (SSSR count). The fourth-order valence-corrected chi connectivity index (χ4v) is 4.75. The van der Waals surface area contributed by atoms with Gasteiger partial charge >= 0.3 is 0 Å². The molecule has 28 heavy (non-hydrogen) atoms. The summed E-state index contributed by atoms with van der Waals surface area (Å²) in [4.78, 5) is 33.7. The van der Waals surface area contributed by atoms with E-state index >= 15 is 0 Å². The highest BCUT2D eigenvalue weighted by atomic mass is 79.9. The SMILES string of the molecule is CN1C(=O)C(c2c[nH]c3c(Br)cccc23)=C(c2c[nH]c3c(Br)cccc23)C1=O. The Morgan fingerprint density at radius 1 is 0.750 bits per heavy atom. The molecule has 0 saturated carbocycles. The zero-order valence-corrected chi connectivity index (χ0v) is 17.8. The summed E-state index contributed by atoms with van der Waals surface area (Å²) >= 11 is 7.06. The summed E-state index contributed by atoms with van der Waals surface area (Å²) in [6.07, 6.45) is 3.58. The number of rotatable bonds is 2. The molecule has 0 spiro atoms. The van der Waals surface area contributed by atoms with Crippen molar-refractivity contribution >= 4 is 76.6 Å². The highest BCUT2D eigenvalue weighted by molar-refractivity contribution is 9.11. The Morgan fingerprint density at radius 2 is 1.18 bits per heavy atom. The van der Waals surface area contributed by atoms with Gasteiger partial charge in [-0.05, 0) is 44.0 Å². The van der Waals surface area contributed by atoms with Crippen LogP contribution in [0.25, 0.3) is 33.0 Å². The van der Waals surface area contributed by atoms with Gasteiger partial charge in [0.1, 0.15) is 0 Å². The Bertz CT molecular complexity index is 1240. The van der Waals surface area contributed by atoms with E-state index in [0.717, 1.165) is 41.9 Å². The minimum absolute atomic E-state index is 0.301. The van der Waals surface area contributed by atoms with Crippen LogP contribution in [0.1, 0.15) is 11.1 Å². The fraction of sp³-hybridized carbons (Fsp3) is 0.0476. The molecule has 2 N–H and O–H groups in total. The van der Waals surface area contributed by atoms with Crippen molar-refractivity contribution in [1.82, 2.24) is 14.9 Å². The molecule has 0 atom stereocenters. The number of hydrogen-bond donors (Lipinski definition) is 2. The molecule has 5 nitrogen and oxygen atoms in total. The molecule has 7 heteroatoms. The van der Waals surface area contributed by atoms with E-state index in [2.05, 4.69) is 41.8 Å². The van der Waals surface area contributed by atoms with Gasteiger partial charge in [0.25, 0.3) is 11.8 Å². The first-order valence-electron chi connectivity index (χ1n) is 8.57. The van der Waals surface area contributed by atoms with Crippen molar-refractivity contribution in [2.24, 2.45) is 0 Å². The largest absolute Gasteiger partial charge is 0.360 e. The van der Waals surface area contributed by atoms with E-state index in [-0.39, 0.29) is 11.8 Å². The highest BCUT2D eigenvalue weighted by Gasteiger charge is 2.39. The van der Waals surface area contributed by atoms with Crippen molar-refractivity contribution in [3.8, 4) is 0 Å². The van der Waals surface area contributed by atoms with E-state index in [9.17, 15) is 9.59 Å². The minimum atomic E-state index is -0.301. The van der Waals surface area contributed by atoms with Gasteiger partial charge in [-0.25, -0.2) is 0 Å². The zero-order chi connectivity index (χ0) is 19.6. The van der Waals surface area contributed by atoms with Gasteiger partial charge in [-0.2, -0.15) is 0 Å². The number of H-pyrrole nitrogens is 2. The van der Waals surface area contributed by atoms with Crippen LogP contribution in [0.3, 0.4) is 0 Å². The molecule has 1 aliphatic heterocycles.